The fraction of sp³-hybridized carbons (Fsp3) is 0.429. The van der Waals surface area contributed by atoms with Gasteiger partial charge in [-0.05, 0) is 6.07 Å². The SMILES string of the molecule is COCCN(CC(=O)O)C(=O)NC1COc2ccccc21. The fourth-order valence-corrected chi connectivity index (χ4v) is 2.14. The van der Waals surface area contributed by atoms with E-state index in [0.29, 0.717) is 6.61 Å². The van der Waals surface area contributed by atoms with Gasteiger partial charge in [-0.25, -0.2) is 4.79 Å². The van der Waals surface area contributed by atoms with Gasteiger partial charge >= 0.3 is 12.0 Å². The third kappa shape index (κ3) is 3.85. The number of ether oxygens (including phenoxy) is 2. The number of amides is 2. The molecule has 2 amide bonds. The molecule has 0 aromatic heterocycles. The van der Waals surface area contributed by atoms with Crippen molar-refractivity contribution in [2.75, 3.05) is 33.4 Å². The standard InChI is InChI=1S/C14H18N2O5/c1-20-7-6-16(8-13(17)18)14(19)15-11-9-21-12-5-3-2-4-10(11)12/h2-5,11H,6-9H2,1H3,(H,15,19)(H,17,18). The number of nitrogens with one attached hydrogen (secondary N) is 1. The highest BCUT2D eigenvalue weighted by atomic mass is 16.5. The number of methoxy groups -OCH3 is 1. The minimum atomic E-state index is -1.07. The van der Waals surface area contributed by atoms with Crippen LogP contribution in [0.4, 0.5) is 4.79 Å². The summed E-state index contributed by atoms with van der Waals surface area (Å²) in [6.45, 7) is 0.461. The Kier molecular flexibility index (Phi) is 4.99. The van der Waals surface area contributed by atoms with Crippen molar-refractivity contribution in [3.63, 3.8) is 0 Å². The third-order valence-corrected chi connectivity index (χ3v) is 3.18. The summed E-state index contributed by atoms with van der Waals surface area (Å²) < 4.78 is 10.4. The van der Waals surface area contributed by atoms with Crippen LogP contribution in [0.3, 0.4) is 0 Å². The van der Waals surface area contributed by atoms with Crippen LogP contribution < -0.4 is 10.1 Å². The summed E-state index contributed by atoms with van der Waals surface area (Å²) in [5, 5.41) is 11.7. The van der Waals surface area contributed by atoms with Crippen molar-refractivity contribution in [1.82, 2.24) is 10.2 Å². The van der Waals surface area contributed by atoms with Gasteiger partial charge in [0.15, 0.2) is 0 Å². The van der Waals surface area contributed by atoms with Crippen molar-refractivity contribution in [2.24, 2.45) is 0 Å². The highest BCUT2D eigenvalue weighted by Gasteiger charge is 2.27. The molecule has 1 atom stereocenters. The molecular weight excluding hydrogens is 276 g/mol. The Morgan fingerprint density at radius 3 is 2.95 bits per heavy atom. The van der Waals surface area contributed by atoms with E-state index in [0.717, 1.165) is 11.3 Å². The zero-order valence-electron chi connectivity index (χ0n) is 11.7. The topological polar surface area (TPSA) is 88.1 Å². The Balaban J connectivity index is 2.00. The molecule has 1 aliphatic heterocycles. The van der Waals surface area contributed by atoms with Crippen LogP contribution >= 0.6 is 0 Å². The molecule has 0 aliphatic carbocycles. The number of urea groups is 1. The number of fused-ring (bicyclic) bond motifs is 1. The lowest BCUT2D eigenvalue weighted by Gasteiger charge is -2.23. The van der Waals surface area contributed by atoms with Crippen molar-refractivity contribution in [3.8, 4) is 5.75 Å². The Hall–Kier alpha value is -2.28. The number of carbonyl (C=O) groups is 2. The molecule has 2 N–H and O–H groups in total. The van der Waals surface area contributed by atoms with Gasteiger partial charge in [0.05, 0.1) is 12.6 Å². The Morgan fingerprint density at radius 2 is 2.24 bits per heavy atom. The van der Waals surface area contributed by atoms with E-state index in [1.54, 1.807) is 0 Å². The fourth-order valence-electron chi connectivity index (χ4n) is 2.14. The van der Waals surface area contributed by atoms with Crippen molar-refractivity contribution in [2.45, 2.75) is 6.04 Å². The molecule has 21 heavy (non-hydrogen) atoms. The van der Waals surface area contributed by atoms with Gasteiger partial charge in [-0.15, -0.1) is 0 Å². The first-order valence-corrected chi connectivity index (χ1v) is 6.59. The van der Waals surface area contributed by atoms with Crippen LogP contribution in [-0.2, 0) is 9.53 Å². The maximum absolute atomic E-state index is 12.2. The van der Waals surface area contributed by atoms with Gasteiger partial charge in [-0.1, -0.05) is 18.2 Å². The van der Waals surface area contributed by atoms with Crippen molar-refractivity contribution in [3.05, 3.63) is 29.8 Å². The second kappa shape index (κ2) is 6.94. The summed E-state index contributed by atoms with van der Waals surface area (Å²) in [7, 11) is 1.50. The number of para-hydroxylation sites is 1. The number of rotatable bonds is 6. The quantitative estimate of drug-likeness (QED) is 0.812. The number of carbonyl (C=O) groups excluding carboxylic acids is 1. The molecule has 0 bridgehead atoms. The van der Waals surface area contributed by atoms with Crippen LogP contribution in [0.25, 0.3) is 0 Å². The summed E-state index contributed by atoms with van der Waals surface area (Å²) >= 11 is 0. The van der Waals surface area contributed by atoms with Crippen LogP contribution in [0.5, 0.6) is 5.75 Å². The summed E-state index contributed by atoms with van der Waals surface area (Å²) in [5.41, 5.74) is 0.896. The van der Waals surface area contributed by atoms with E-state index in [1.807, 2.05) is 24.3 Å². The van der Waals surface area contributed by atoms with Gasteiger partial charge in [0.25, 0.3) is 0 Å². The molecule has 1 heterocycles. The first-order chi connectivity index (χ1) is 10.1. The number of aliphatic carboxylic acids is 1. The van der Waals surface area contributed by atoms with E-state index in [9.17, 15) is 9.59 Å². The molecule has 1 aromatic carbocycles. The minimum Gasteiger partial charge on any atom is -0.491 e. The predicted octanol–water partition coefficient (Wildman–Crippen LogP) is 0.863. The van der Waals surface area contributed by atoms with Crippen molar-refractivity contribution < 1.29 is 24.2 Å². The normalized spacial score (nSPS) is 16.0. The summed E-state index contributed by atoms with van der Waals surface area (Å²) in [5.74, 6) is -0.325. The van der Waals surface area contributed by atoms with Crippen LogP contribution in [0.1, 0.15) is 11.6 Å². The molecule has 0 radical (unpaired) electrons. The van der Waals surface area contributed by atoms with Crippen LogP contribution in [0.15, 0.2) is 24.3 Å². The third-order valence-electron chi connectivity index (χ3n) is 3.18. The number of benzene rings is 1. The van der Waals surface area contributed by atoms with Gasteiger partial charge in [0.1, 0.15) is 18.9 Å². The molecule has 1 aromatic rings. The smallest absolute Gasteiger partial charge is 0.323 e. The summed E-state index contributed by atoms with van der Waals surface area (Å²) in [4.78, 5) is 24.2. The Labute approximate surface area is 122 Å². The largest absolute Gasteiger partial charge is 0.491 e. The van der Waals surface area contributed by atoms with E-state index >= 15 is 0 Å². The average Bonchev–Trinajstić information content (AvgIpc) is 2.86. The second-order valence-electron chi connectivity index (χ2n) is 4.66. The molecule has 2 rings (SSSR count). The monoisotopic (exact) mass is 294 g/mol. The van der Waals surface area contributed by atoms with Crippen LogP contribution in [0.2, 0.25) is 0 Å². The molecule has 7 nitrogen and oxygen atoms in total. The van der Waals surface area contributed by atoms with Gasteiger partial charge in [0.2, 0.25) is 0 Å². The lowest BCUT2D eigenvalue weighted by Crippen LogP contribution is -2.45. The van der Waals surface area contributed by atoms with Gasteiger partial charge in [-0.3, -0.25) is 4.79 Å². The second-order valence-corrected chi connectivity index (χ2v) is 4.66. The van der Waals surface area contributed by atoms with E-state index in [4.69, 9.17) is 14.6 Å². The highest BCUT2D eigenvalue weighted by molar-refractivity contribution is 5.80. The molecule has 0 saturated carbocycles. The lowest BCUT2D eigenvalue weighted by molar-refractivity contribution is -0.137. The molecule has 0 fully saturated rings. The van der Waals surface area contributed by atoms with Gasteiger partial charge < -0.3 is 24.8 Å². The molecule has 114 valence electrons. The average molecular weight is 294 g/mol. The van der Waals surface area contributed by atoms with Gasteiger partial charge in [-0.2, -0.15) is 0 Å². The van der Waals surface area contributed by atoms with Crippen LogP contribution in [-0.4, -0.2) is 55.4 Å². The number of hydrogen-bond acceptors (Lipinski definition) is 4. The van der Waals surface area contributed by atoms with E-state index in [2.05, 4.69) is 5.32 Å². The first kappa shape index (κ1) is 15.1. The molecule has 0 spiro atoms. The zero-order valence-corrected chi connectivity index (χ0v) is 11.7. The van der Waals surface area contributed by atoms with Gasteiger partial charge in [0, 0.05) is 19.2 Å². The maximum atomic E-state index is 12.2. The zero-order chi connectivity index (χ0) is 15.2. The number of hydrogen-bond donors (Lipinski definition) is 2. The summed E-state index contributed by atoms with van der Waals surface area (Å²) in [6, 6.07) is 6.73. The van der Waals surface area contributed by atoms with E-state index in [1.165, 1.54) is 12.0 Å². The first-order valence-electron chi connectivity index (χ1n) is 6.59. The highest BCUT2D eigenvalue weighted by Crippen LogP contribution is 2.31. The molecule has 1 aliphatic rings. The molecule has 0 saturated heterocycles. The van der Waals surface area contributed by atoms with E-state index < -0.39 is 12.0 Å². The number of carboxylic acid groups (broad SMARTS) is 1. The molecule has 7 heteroatoms. The van der Waals surface area contributed by atoms with E-state index in [-0.39, 0.29) is 25.7 Å². The van der Waals surface area contributed by atoms with Crippen LogP contribution in [0, 0.1) is 0 Å². The Bertz CT molecular complexity index is 520. The minimum absolute atomic E-state index is 0.212. The maximum Gasteiger partial charge on any atom is 0.323 e. The molecule has 1 unspecified atom stereocenters. The van der Waals surface area contributed by atoms with Crippen molar-refractivity contribution in [1.29, 1.82) is 0 Å². The number of nitrogens with zero attached hydrogens (tertiary/aromatic N) is 1. The number of carboxylic acids is 1. The van der Waals surface area contributed by atoms with Crippen molar-refractivity contribution >= 4 is 12.0 Å². The lowest BCUT2D eigenvalue weighted by atomic mass is 10.1. The predicted molar refractivity (Wildman–Crippen MR) is 74.3 cm³/mol. The summed E-state index contributed by atoms with van der Waals surface area (Å²) in [6.07, 6.45) is 0. The Morgan fingerprint density at radius 1 is 1.48 bits per heavy atom. The molecular formula is C14H18N2O5.